The van der Waals surface area contributed by atoms with Crippen molar-refractivity contribution in [3.8, 4) is 0 Å². The zero-order valence-electron chi connectivity index (χ0n) is 18.4. The van der Waals surface area contributed by atoms with Gasteiger partial charge in [0.1, 0.15) is 0 Å². The quantitative estimate of drug-likeness (QED) is 0.271. The molecule has 0 bridgehead atoms. The highest BCUT2D eigenvalue weighted by atomic mass is 79.9. The summed E-state index contributed by atoms with van der Waals surface area (Å²) in [5.41, 5.74) is 6.66. The van der Waals surface area contributed by atoms with Gasteiger partial charge in [-0.05, 0) is 87.1 Å². The number of carbonyl (C=O) groups is 1. The van der Waals surface area contributed by atoms with Crippen LogP contribution in [-0.4, -0.2) is 37.4 Å². The van der Waals surface area contributed by atoms with Gasteiger partial charge in [0.15, 0.2) is 0 Å². The zero-order chi connectivity index (χ0) is 23.9. The first-order chi connectivity index (χ1) is 16.0. The van der Waals surface area contributed by atoms with Crippen LogP contribution in [0.2, 0.25) is 0 Å². The van der Waals surface area contributed by atoms with Crippen LogP contribution in [0.3, 0.4) is 0 Å². The third-order valence-electron chi connectivity index (χ3n) is 4.47. The maximum absolute atomic E-state index is 11.3. The van der Waals surface area contributed by atoms with Crippen LogP contribution < -0.4 is 16.4 Å². The Bertz CT molecular complexity index is 868. The Balaban J connectivity index is 0.000000250. The van der Waals surface area contributed by atoms with Crippen molar-refractivity contribution < 1.29 is 14.3 Å². The smallest absolute Gasteiger partial charge is 0.319 e. The van der Waals surface area contributed by atoms with E-state index >= 15 is 0 Å². The van der Waals surface area contributed by atoms with Crippen LogP contribution >= 0.6 is 31.9 Å². The molecule has 5 rings (SSSR count). The molecule has 2 aromatic carbocycles. The first-order valence-electron chi connectivity index (χ1n) is 11.0. The molecule has 4 N–H and O–H groups in total. The number of aliphatic imine (C=N–C) groups is 1. The second kappa shape index (κ2) is 17.4. The lowest BCUT2D eigenvalue weighted by molar-refractivity contribution is 0.198. The average molecular weight is 598 g/mol. The molecule has 0 radical (unpaired) electrons. The molecule has 2 aromatic rings. The van der Waals surface area contributed by atoms with E-state index in [-0.39, 0.29) is 13.5 Å². The average Bonchev–Trinajstić information content (AvgIpc) is 3.72. The van der Waals surface area contributed by atoms with E-state index in [2.05, 4.69) is 47.5 Å². The molecule has 0 unspecified atom stereocenters. The summed E-state index contributed by atoms with van der Waals surface area (Å²) in [7, 11) is 0. The Morgan fingerprint density at radius 3 is 1.82 bits per heavy atom. The number of nitrogens with zero attached hydrogens (tertiary/aromatic N) is 1. The maximum atomic E-state index is 11.3. The fourth-order valence-electron chi connectivity index (χ4n) is 2.29. The molecule has 3 fully saturated rings. The summed E-state index contributed by atoms with van der Waals surface area (Å²) in [5.74, 6) is 0. The molecule has 34 heavy (non-hydrogen) atoms. The monoisotopic (exact) mass is 596 g/mol. The standard InChI is InChI=1S/C10H11BrN2O.C7H4BrNO.C4H8O.C3H7N.CH4/c11-7-1-3-8(4-2-7)12-10(14)13-9-5-6-9;8-6-1-3-7(4-2-6)9-5-10;1-2-4-5-3-1;4-3-1-2-3;/h1-4,9H,5-6H2,(H2,12,13,14);1-4H;1-4H2;3H,1-2,4H2;1H4. The van der Waals surface area contributed by atoms with Crippen molar-refractivity contribution in [1.29, 1.82) is 0 Å². The normalized spacial score (nSPS) is 15.3. The van der Waals surface area contributed by atoms with Gasteiger partial charge in [-0.1, -0.05) is 39.3 Å². The summed E-state index contributed by atoms with van der Waals surface area (Å²) in [4.78, 5) is 24.5. The van der Waals surface area contributed by atoms with Crippen molar-refractivity contribution in [3.05, 3.63) is 57.5 Å². The third kappa shape index (κ3) is 15.7. The number of isocyanates is 1. The number of halogens is 2. The predicted octanol–water partition coefficient (Wildman–Crippen LogP) is 6.69. The number of amides is 2. The van der Waals surface area contributed by atoms with Gasteiger partial charge in [-0.3, -0.25) is 0 Å². The van der Waals surface area contributed by atoms with Crippen molar-refractivity contribution in [1.82, 2.24) is 5.32 Å². The molecule has 186 valence electrons. The first-order valence-corrected chi connectivity index (χ1v) is 12.5. The number of urea groups is 1. The fraction of sp³-hybridized carbons (Fsp3) is 0.440. The van der Waals surface area contributed by atoms with Crippen LogP contribution in [0.15, 0.2) is 62.5 Å². The van der Waals surface area contributed by atoms with Crippen molar-refractivity contribution >= 4 is 55.3 Å². The number of rotatable bonds is 3. The Labute approximate surface area is 219 Å². The number of hydrogen-bond acceptors (Lipinski definition) is 5. The van der Waals surface area contributed by atoms with Gasteiger partial charge in [0, 0.05) is 39.9 Å². The molecule has 0 spiro atoms. The number of carbonyl (C=O) groups excluding carboxylic acids is 2. The molecule has 2 saturated carbocycles. The molecule has 2 aliphatic carbocycles. The lowest BCUT2D eigenvalue weighted by atomic mass is 10.3. The Kier molecular flexibility index (Phi) is 15.4. The van der Waals surface area contributed by atoms with Crippen LogP contribution in [0.25, 0.3) is 0 Å². The SMILES string of the molecule is C.C1CCOC1.NC1CC1.O=C(Nc1ccc(Br)cc1)NC1CC1.O=C=Nc1ccc(Br)cc1. The van der Waals surface area contributed by atoms with Gasteiger partial charge in [-0.25, -0.2) is 9.59 Å². The summed E-state index contributed by atoms with van der Waals surface area (Å²) in [6.45, 7) is 2.00. The number of benzene rings is 2. The number of hydrogen-bond donors (Lipinski definition) is 3. The van der Waals surface area contributed by atoms with Gasteiger partial charge in [0.2, 0.25) is 6.08 Å². The van der Waals surface area contributed by atoms with Gasteiger partial charge >= 0.3 is 6.03 Å². The van der Waals surface area contributed by atoms with Crippen LogP contribution in [0, 0.1) is 0 Å². The molecule has 2 amide bonds. The van der Waals surface area contributed by atoms with Crippen molar-refractivity contribution in [2.24, 2.45) is 10.7 Å². The summed E-state index contributed by atoms with van der Waals surface area (Å²) in [6, 6.07) is 15.5. The molecule has 3 aliphatic rings. The minimum absolute atomic E-state index is 0. The second-order valence-electron chi connectivity index (χ2n) is 7.72. The molecular formula is C25H34Br2N4O3. The highest BCUT2D eigenvalue weighted by Gasteiger charge is 2.23. The van der Waals surface area contributed by atoms with Crippen molar-refractivity contribution in [3.63, 3.8) is 0 Å². The largest absolute Gasteiger partial charge is 0.381 e. The molecular weight excluding hydrogens is 564 g/mol. The molecule has 1 aliphatic heterocycles. The predicted molar refractivity (Wildman–Crippen MR) is 145 cm³/mol. The van der Waals surface area contributed by atoms with Crippen LogP contribution in [0.5, 0.6) is 0 Å². The fourth-order valence-corrected chi connectivity index (χ4v) is 2.82. The highest BCUT2D eigenvalue weighted by Crippen LogP contribution is 2.19. The van der Waals surface area contributed by atoms with E-state index < -0.39 is 0 Å². The number of ether oxygens (including phenoxy) is 1. The maximum Gasteiger partial charge on any atom is 0.319 e. The molecule has 0 atom stereocenters. The van der Waals surface area contributed by atoms with Crippen molar-refractivity contribution in [2.45, 2.75) is 58.0 Å². The minimum Gasteiger partial charge on any atom is -0.381 e. The third-order valence-corrected chi connectivity index (χ3v) is 5.52. The Morgan fingerprint density at radius 1 is 0.941 bits per heavy atom. The summed E-state index contributed by atoms with van der Waals surface area (Å²) in [5, 5.41) is 5.62. The van der Waals surface area contributed by atoms with Gasteiger partial charge in [0.05, 0.1) is 5.69 Å². The minimum atomic E-state index is -0.116. The van der Waals surface area contributed by atoms with Gasteiger partial charge in [0.25, 0.3) is 0 Å². The summed E-state index contributed by atoms with van der Waals surface area (Å²) in [6.07, 6.45) is 8.76. The summed E-state index contributed by atoms with van der Waals surface area (Å²) >= 11 is 6.59. The molecule has 0 aromatic heterocycles. The molecule has 1 heterocycles. The first kappa shape index (κ1) is 30.0. The Hall–Kier alpha value is -2.03. The van der Waals surface area contributed by atoms with Gasteiger partial charge < -0.3 is 21.1 Å². The van der Waals surface area contributed by atoms with Crippen molar-refractivity contribution in [2.75, 3.05) is 18.5 Å². The lowest BCUT2D eigenvalue weighted by Gasteiger charge is -2.05. The van der Waals surface area contributed by atoms with E-state index in [4.69, 9.17) is 10.5 Å². The number of nitrogens with two attached hydrogens (primary N) is 1. The van der Waals surface area contributed by atoms with Crippen LogP contribution in [0.4, 0.5) is 16.2 Å². The number of anilines is 1. The molecule has 7 nitrogen and oxygen atoms in total. The van der Waals surface area contributed by atoms with E-state index in [0.717, 1.165) is 40.7 Å². The topological polar surface area (TPSA) is 106 Å². The van der Waals surface area contributed by atoms with E-state index in [9.17, 15) is 9.59 Å². The van der Waals surface area contributed by atoms with E-state index in [1.807, 2.05) is 36.4 Å². The second-order valence-corrected chi connectivity index (χ2v) is 9.55. The zero-order valence-corrected chi connectivity index (χ0v) is 21.6. The highest BCUT2D eigenvalue weighted by molar-refractivity contribution is 9.10. The molecule has 9 heteroatoms. The van der Waals surface area contributed by atoms with E-state index in [1.54, 1.807) is 12.1 Å². The van der Waals surface area contributed by atoms with E-state index in [0.29, 0.717) is 17.8 Å². The van der Waals surface area contributed by atoms with Crippen LogP contribution in [0.1, 0.15) is 46.0 Å². The summed E-state index contributed by atoms with van der Waals surface area (Å²) < 4.78 is 6.92. The van der Waals surface area contributed by atoms with Crippen LogP contribution in [-0.2, 0) is 9.53 Å². The molecule has 1 saturated heterocycles. The Morgan fingerprint density at radius 2 is 1.44 bits per heavy atom. The van der Waals surface area contributed by atoms with Gasteiger partial charge in [-0.2, -0.15) is 4.99 Å². The lowest BCUT2D eigenvalue weighted by Crippen LogP contribution is -2.30. The van der Waals surface area contributed by atoms with E-state index in [1.165, 1.54) is 31.8 Å². The number of nitrogens with one attached hydrogen (secondary N) is 2. The van der Waals surface area contributed by atoms with Gasteiger partial charge in [-0.15, -0.1) is 0 Å².